The molecule has 1 aliphatic heterocycles. The summed E-state index contributed by atoms with van der Waals surface area (Å²) >= 11 is 0. The van der Waals surface area contributed by atoms with E-state index in [1.54, 1.807) is 18.2 Å². The zero-order chi connectivity index (χ0) is 24.2. The Morgan fingerprint density at radius 3 is 2.65 bits per heavy atom. The standard InChI is InChI=1S/C23H18F2N2O7/c1-12(23(29)30)33-15-3-2-13(18(25)7-15)9-26-21(28)17-6-14(24)10-27-22(17)34-16-4-5-19-20(8-16)32-11-31-19/h2-8,10,12H,9,11H2,1H3,(H,26,28)(H,29,30)/t12-/m1/s1. The van der Waals surface area contributed by atoms with E-state index in [0.29, 0.717) is 11.5 Å². The molecule has 0 saturated heterocycles. The van der Waals surface area contributed by atoms with Crippen molar-refractivity contribution in [3.8, 4) is 28.9 Å². The van der Waals surface area contributed by atoms with E-state index in [1.165, 1.54) is 19.1 Å². The molecule has 176 valence electrons. The Kier molecular flexibility index (Phi) is 6.44. The number of carboxylic acids is 1. The SMILES string of the molecule is C[C@@H](Oc1ccc(CNC(=O)c2cc(F)cnc2Oc2ccc3c(c2)OCO3)c(F)c1)C(=O)O. The van der Waals surface area contributed by atoms with Crippen LogP contribution in [0.2, 0.25) is 0 Å². The van der Waals surface area contributed by atoms with Gasteiger partial charge in [0.1, 0.15) is 28.7 Å². The minimum atomic E-state index is -1.20. The lowest BCUT2D eigenvalue weighted by molar-refractivity contribution is -0.144. The summed E-state index contributed by atoms with van der Waals surface area (Å²) in [6.07, 6.45) is -0.260. The first kappa shape index (κ1) is 22.8. The van der Waals surface area contributed by atoms with Gasteiger partial charge in [-0.3, -0.25) is 4.79 Å². The molecular formula is C23H18F2N2O7. The molecule has 34 heavy (non-hydrogen) atoms. The molecule has 3 aromatic rings. The van der Waals surface area contributed by atoms with E-state index in [0.717, 1.165) is 18.3 Å². The highest BCUT2D eigenvalue weighted by atomic mass is 19.1. The molecule has 0 aliphatic carbocycles. The van der Waals surface area contributed by atoms with Gasteiger partial charge in [-0.1, -0.05) is 6.07 Å². The van der Waals surface area contributed by atoms with E-state index in [1.807, 2.05) is 0 Å². The molecule has 0 saturated carbocycles. The van der Waals surface area contributed by atoms with Crippen molar-refractivity contribution in [2.75, 3.05) is 6.79 Å². The van der Waals surface area contributed by atoms with Gasteiger partial charge < -0.3 is 29.4 Å². The van der Waals surface area contributed by atoms with Crippen LogP contribution >= 0.6 is 0 Å². The normalized spacial score (nSPS) is 12.7. The fourth-order valence-corrected chi connectivity index (χ4v) is 2.99. The summed E-state index contributed by atoms with van der Waals surface area (Å²) in [5.74, 6) is -2.29. The fourth-order valence-electron chi connectivity index (χ4n) is 2.99. The molecule has 0 bridgehead atoms. The summed E-state index contributed by atoms with van der Waals surface area (Å²) in [7, 11) is 0. The number of carboxylic acid groups (broad SMARTS) is 1. The average Bonchev–Trinajstić information content (AvgIpc) is 3.27. The number of hydrogen-bond donors (Lipinski definition) is 2. The monoisotopic (exact) mass is 472 g/mol. The number of carbonyl (C=O) groups excluding carboxylic acids is 1. The Labute approximate surface area is 191 Å². The molecule has 0 radical (unpaired) electrons. The van der Waals surface area contributed by atoms with Crippen molar-refractivity contribution in [1.29, 1.82) is 0 Å². The number of benzene rings is 2. The summed E-state index contributed by atoms with van der Waals surface area (Å²) in [5, 5.41) is 11.4. The molecule has 2 aromatic carbocycles. The fraction of sp³-hybridized carbons (Fsp3) is 0.174. The Balaban J connectivity index is 1.46. The molecule has 0 spiro atoms. The lowest BCUT2D eigenvalue weighted by Gasteiger charge is -2.13. The highest BCUT2D eigenvalue weighted by Crippen LogP contribution is 2.36. The van der Waals surface area contributed by atoms with Crippen LogP contribution in [0.5, 0.6) is 28.9 Å². The Morgan fingerprint density at radius 2 is 1.88 bits per heavy atom. The predicted octanol–water partition coefficient (Wildman–Crippen LogP) is 3.66. The van der Waals surface area contributed by atoms with Crippen molar-refractivity contribution in [2.24, 2.45) is 0 Å². The number of hydrogen-bond acceptors (Lipinski definition) is 7. The van der Waals surface area contributed by atoms with Gasteiger partial charge >= 0.3 is 5.97 Å². The second-order valence-electron chi connectivity index (χ2n) is 7.16. The van der Waals surface area contributed by atoms with E-state index in [4.69, 9.17) is 24.1 Å². The van der Waals surface area contributed by atoms with Crippen molar-refractivity contribution < 1.29 is 42.4 Å². The van der Waals surface area contributed by atoms with Gasteiger partial charge in [0.05, 0.1) is 6.20 Å². The van der Waals surface area contributed by atoms with Crippen molar-refractivity contribution in [3.63, 3.8) is 0 Å². The molecule has 2 N–H and O–H groups in total. The van der Waals surface area contributed by atoms with Gasteiger partial charge in [0, 0.05) is 24.2 Å². The molecule has 11 heteroatoms. The molecule has 9 nitrogen and oxygen atoms in total. The molecule has 2 heterocycles. The van der Waals surface area contributed by atoms with Crippen LogP contribution in [0.15, 0.2) is 48.7 Å². The summed E-state index contributed by atoms with van der Waals surface area (Å²) in [6.45, 7) is 1.15. The summed E-state index contributed by atoms with van der Waals surface area (Å²) in [4.78, 5) is 27.4. The zero-order valence-corrected chi connectivity index (χ0v) is 17.7. The van der Waals surface area contributed by atoms with Gasteiger partial charge in [-0.2, -0.15) is 0 Å². The van der Waals surface area contributed by atoms with E-state index < -0.39 is 29.6 Å². The van der Waals surface area contributed by atoms with Crippen molar-refractivity contribution >= 4 is 11.9 Å². The first-order valence-corrected chi connectivity index (χ1v) is 9.99. The maximum Gasteiger partial charge on any atom is 0.344 e. The smallest absolute Gasteiger partial charge is 0.344 e. The molecule has 4 rings (SSSR count). The molecule has 1 atom stereocenters. The third kappa shape index (κ3) is 5.14. The first-order valence-electron chi connectivity index (χ1n) is 9.99. The third-order valence-corrected chi connectivity index (χ3v) is 4.75. The van der Waals surface area contributed by atoms with Gasteiger partial charge in [0.2, 0.25) is 12.7 Å². The number of rotatable bonds is 8. The van der Waals surface area contributed by atoms with Crippen molar-refractivity contribution in [1.82, 2.24) is 10.3 Å². The number of ether oxygens (including phenoxy) is 4. The van der Waals surface area contributed by atoms with Gasteiger partial charge in [0.25, 0.3) is 5.91 Å². The molecule has 0 fully saturated rings. The summed E-state index contributed by atoms with van der Waals surface area (Å²) < 4.78 is 49.5. The van der Waals surface area contributed by atoms with Gasteiger partial charge in [-0.25, -0.2) is 18.6 Å². The van der Waals surface area contributed by atoms with Crippen molar-refractivity contribution in [3.05, 3.63) is 71.4 Å². The van der Waals surface area contributed by atoms with Crippen LogP contribution in [-0.2, 0) is 11.3 Å². The Morgan fingerprint density at radius 1 is 1.12 bits per heavy atom. The van der Waals surface area contributed by atoms with Gasteiger partial charge in [-0.15, -0.1) is 0 Å². The average molecular weight is 472 g/mol. The van der Waals surface area contributed by atoms with E-state index in [9.17, 15) is 18.4 Å². The quantitative estimate of drug-likeness (QED) is 0.510. The topological polar surface area (TPSA) is 116 Å². The molecule has 1 amide bonds. The molecular weight excluding hydrogens is 454 g/mol. The Hall–Kier alpha value is -4.41. The summed E-state index contributed by atoms with van der Waals surface area (Å²) in [6, 6.07) is 9.41. The maximum absolute atomic E-state index is 14.4. The minimum Gasteiger partial charge on any atom is -0.479 e. The number of aliphatic carboxylic acids is 1. The number of amides is 1. The van der Waals surface area contributed by atoms with Crippen LogP contribution in [-0.4, -0.2) is 34.9 Å². The number of aromatic nitrogens is 1. The number of fused-ring (bicyclic) bond motifs is 1. The number of halogens is 2. The second-order valence-corrected chi connectivity index (χ2v) is 7.16. The van der Waals surface area contributed by atoms with E-state index >= 15 is 0 Å². The van der Waals surface area contributed by atoms with Gasteiger partial charge in [-0.05, 0) is 31.2 Å². The van der Waals surface area contributed by atoms with E-state index in [-0.39, 0.29) is 41.8 Å². The van der Waals surface area contributed by atoms with Crippen LogP contribution in [0.3, 0.4) is 0 Å². The van der Waals surface area contributed by atoms with Crippen molar-refractivity contribution in [2.45, 2.75) is 19.6 Å². The Bertz CT molecular complexity index is 1250. The number of nitrogens with one attached hydrogen (secondary N) is 1. The van der Waals surface area contributed by atoms with E-state index in [2.05, 4.69) is 10.3 Å². The minimum absolute atomic E-state index is 0.0243. The lowest BCUT2D eigenvalue weighted by Crippen LogP contribution is -2.24. The molecule has 1 aliphatic rings. The number of pyridine rings is 1. The molecule has 0 unspecified atom stereocenters. The highest BCUT2D eigenvalue weighted by molar-refractivity contribution is 5.96. The van der Waals surface area contributed by atoms with Crippen LogP contribution in [0.4, 0.5) is 8.78 Å². The predicted molar refractivity (Wildman–Crippen MR) is 112 cm³/mol. The third-order valence-electron chi connectivity index (χ3n) is 4.75. The zero-order valence-electron chi connectivity index (χ0n) is 17.7. The highest BCUT2D eigenvalue weighted by Gasteiger charge is 2.20. The number of carbonyl (C=O) groups is 2. The van der Waals surface area contributed by atoms with Crippen LogP contribution < -0.4 is 24.3 Å². The number of nitrogens with zero attached hydrogens (tertiary/aromatic N) is 1. The van der Waals surface area contributed by atoms with Crippen LogP contribution in [0, 0.1) is 11.6 Å². The van der Waals surface area contributed by atoms with Gasteiger partial charge in [0.15, 0.2) is 17.6 Å². The lowest BCUT2D eigenvalue weighted by atomic mass is 10.2. The first-order chi connectivity index (χ1) is 16.3. The van der Waals surface area contributed by atoms with Crippen LogP contribution in [0.25, 0.3) is 0 Å². The molecule has 1 aromatic heterocycles. The maximum atomic E-state index is 14.4. The summed E-state index contributed by atoms with van der Waals surface area (Å²) in [5.41, 5.74) is -0.0976. The largest absolute Gasteiger partial charge is 0.479 e. The van der Waals surface area contributed by atoms with Crippen LogP contribution in [0.1, 0.15) is 22.8 Å². The second kappa shape index (κ2) is 9.61.